The van der Waals surface area contributed by atoms with Crippen molar-refractivity contribution in [3.63, 3.8) is 0 Å². The summed E-state index contributed by atoms with van der Waals surface area (Å²) >= 11 is 5.83. The molecule has 0 bridgehead atoms. The molecule has 0 spiro atoms. The first-order chi connectivity index (χ1) is 13.0. The Morgan fingerprint density at radius 2 is 1.96 bits per heavy atom. The van der Waals surface area contributed by atoms with Crippen LogP contribution in [0.2, 0.25) is 5.02 Å². The molecule has 1 aliphatic heterocycles. The summed E-state index contributed by atoms with van der Waals surface area (Å²) in [6.07, 6.45) is 0. The van der Waals surface area contributed by atoms with Gasteiger partial charge in [-0.1, -0.05) is 23.7 Å². The Morgan fingerprint density at radius 3 is 2.64 bits per heavy atom. The summed E-state index contributed by atoms with van der Waals surface area (Å²) in [4.78, 5) is 27.0. The van der Waals surface area contributed by atoms with Crippen LogP contribution in [0.15, 0.2) is 48.5 Å². The second-order valence-electron chi connectivity index (χ2n) is 6.51. The lowest BCUT2D eigenvalue weighted by molar-refractivity contribution is -0.136. The third-order valence-electron chi connectivity index (χ3n) is 4.58. The number of hydrogen-bond donors (Lipinski definition) is 2. The van der Waals surface area contributed by atoms with Crippen molar-refractivity contribution in [3.8, 4) is 0 Å². The van der Waals surface area contributed by atoms with Crippen molar-refractivity contribution in [1.82, 2.24) is 15.5 Å². The molecule has 0 radical (unpaired) electrons. The summed E-state index contributed by atoms with van der Waals surface area (Å²) in [6.45, 7) is 3.32. The van der Waals surface area contributed by atoms with Gasteiger partial charge in [-0.25, -0.2) is 4.39 Å². The van der Waals surface area contributed by atoms with Crippen LogP contribution in [0.25, 0.3) is 0 Å². The van der Waals surface area contributed by atoms with Crippen LogP contribution in [0.5, 0.6) is 0 Å². The molecule has 2 aromatic carbocycles. The molecular weight excluding hydrogens is 404 g/mol. The van der Waals surface area contributed by atoms with Crippen molar-refractivity contribution in [2.45, 2.75) is 19.0 Å². The first-order valence-electron chi connectivity index (χ1n) is 8.79. The van der Waals surface area contributed by atoms with Gasteiger partial charge in [-0.15, -0.1) is 12.4 Å². The maximum Gasteiger partial charge on any atom is 0.251 e. The Hall–Kier alpha value is -2.15. The first-order valence-corrected chi connectivity index (χ1v) is 9.16. The second-order valence-corrected chi connectivity index (χ2v) is 6.95. The van der Waals surface area contributed by atoms with E-state index in [4.69, 9.17) is 11.6 Å². The van der Waals surface area contributed by atoms with Gasteiger partial charge in [-0.05, 0) is 48.9 Å². The normalized spacial score (nSPS) is 17.4. The standard InChI is InChI=1S/C20H21ClFN3O2.ClH/c1-13(24-19(26)14-5-7-16(21)8-6-14)20(27)25-10-9-23-12-18(25)15-3-2-4-17(22)11-15;/h2-8,11,13,18,23H,9-10,12H2,1H3,(H,24,26);1H. The molecule has 2 amide bonds. The predicted octanol–water partition coefficient (Wildman–Crippen LogP) is 3.19. The number of amides is 2. The highest BCUT2D eigenvalue weighted by molar-refractivity contribution is 6.30. The summed E-state index contributed by atoms with van der Waals surface area (Å²) in [7, 11) is 0. The van der Waals surface area contributed by atoms with Gasteiger partial charge in [0.25, 0.3) is 5.91 Å². The molecule has 1 heterocycles. The molecule has 2 N–H and O–H groups in total. The van der Waals surface area contributed by atoms with E-state index in [1.165, 1.54) is 12.1 Å². The van der Waals surface area contributed by atoms with Gasteiger partial charge < -0.3 is 15.5 Å². The zero-order chi connectivity index (χ0) is 19.4. The van der Waals surface area contributed by atoms with Crippen molar-refractivity contribution >= 4 is 35.8 Å². The van der Waals surface area contributed by atoms with E-state index >= 15 is 0 Å². The third kappa shape index (κ3) is 5.22. The topological polar surface area (TPSA) is 61.4 Å². The van der Waals surface area contributed by atoms with Crippen LogP contribution in [-0.2, 0) is 4.79 Å². The fraction of sp³-hybridized carbons (Fsp3) is 0.300. The number of nitrogens with zero attached hydrogens (tertiary/aromatic N) is 1. The van der Waals surface area contributed by atoms with Gasteiger partial charge in [0.2, 0.25) is 5.91 Å². The Balaban J connectivity index is 0.00000280. The van der Waals surface area contributed by atoms with Crippen LogP contribution in [0.3, 0.4) is 0 Å². The number of carbonyl (C=O) groups excluding carboxylic acids is 2. The van der Waals surface area contributed by atoms with E-state index in [0.29, 0.717) is 30.2 Å². The fourth-order valence-electron chi connectivity index (χ4n) is 3.17. The molecule has 0 saturated carbocycles. The third-order valence-corrected chi connectivity index (χ3v) is 4.84. The molecule has 2 atom stereocenters. The number of rotatable bonds is 4. The summed E-state index contributed by atoms with van der Waals surface area (Å²) in [6, 6.07) is 11.7. The highest BCUT2D eigenvalue weighted by atomic mass is 35.5. The average Bonchev–Trinajstić information content (AvgIpc) is 2.67. The molecule has 150 valence electrons. The van der Waals surface area contributed by atoms with Crippen molar-refractivity contribution in [1.29, 1.82) is 0 Å². The molecule has 3 rings (SSSR count). The molecule has 1 aliphatic rings. The Bertz CT molecular complexity index is 832. The molecule has 2 aromatic rings. The molecule has 28 heavy (non-hydrogen) atoms. The highest BCUT2D eigenvalue weighted by Gasteiger charge is 2.31. The maximum atomic E-state index is 13.6. The van der Waals surface area contributed by atoms with Crippen molar-refractivity contribution in [2.75, 3.05) is 19.6 Å². The smallest absolute Gasteiger partial charge is 0.251 e. The molecular formula is C20H22Cl2FN3O2. The number of halogens is 3. The molecule has 1 fully saturated rings. The van der Waals surface area contributed by atoms with Gasteiger partial charge >= 0.3 is 0 Å². The van der Waals surface area contributed by atoms with Crippen LogP contribution in [-0.4, -0.2) is 42.4 Å². The van der Waals surface area contributed by atoms with E-state index in [0.717, 1.165) is 5.56 Å². The number of hydrogen-bond acceptors (Lipinski definition) is 3. The SMILES string of the molecule is CC(NC(=O)c1ccc(Cl)cc1)C(=O)N1CCNCC1c1cccc(F)c1.Cl. The van der Waals surface area contributed by atoms with E-state index < -0.39 is 6.04 Å². The van der Waals surface area contributed by atoms with Gasteiger partial charge in [0.15, 0.2) is 0 Å². The van der Waals surface area contributed by atoms with E-state index in [-0.39, 0.29) is 36.1 Å². The summed E-state index contributed by atoms with van der Waals surface area (Å²) in [5.74, 6) is -0.882. The van der Waals surface area contributed by atoms with Gasteiger partial charge in [0, 0.05) is 30.2 Å². The summed E-state index contributed by atoms with van der Waals surface area (Å²) in [5, 5.41) is 6.50. The van der Waals surface area contributed by atoms with Crippen LogP contribution < -0.4 is 10.6 Å². The largest absolute Gasteiger partial charge is 0.341 e. The van der Waals surface area contributed by atoms with Gasteiger partial charge in [0.1, 0.15) is 11.9 Å². The minimum absolute atomic E-state index is 0. The van der Waals surface area contributed by atoms with Crippen LogP contribution in [0.1, 0.15) is 28.9 Å². The van der Waals surface area contributed by atoms with E-state index in [9.17, 15) is 14.0 Å². The Morgan fingerprint density at radius 1 is 1.25 bits per heavy atom. The maximum absolute atomic E-state index is 13.6. The number of piperazine rings is 1. The molecule has 5 nitrogen and oxygen atoms in total. The van der Waals surface area contributed by atoms with Crippen molar-refractivity contribution in [3.05, 3.63) is 70.5 Å². The predicted molar refractivity (Wildman–Crippen MR) is 109 cm³/mol. The van der Waals surface area contributed by atoms with Gasteiger partial charge in [-0.3, -0.25) is 9.59 Å². The van der Waals surface area contributed by atoms with E-state index in [1.807, 2.05) is 0 Å². The van der Waals surface area contributed by atoms with E-state index in [2.05, 4.69) is 10.6 Å². The molecule has 1 saturated heterocycles. The van der Waals surface area contributed by atoms with Gasteiger partial charge in [0.05, 0.1) is 6.04 Å². The zero-order valence-corrected chi connectivity index (χ0v) is 16.9. The summed E-state index contributed by atoms with van der Waals surface area (Å²) < 4.78 is 13.6. The molecule has 0 aliphatic carbocycles. The van der Waals surface area contributed by atoms with Gasteiger partial charge in [-0.2, -0.15) is 0 Å². The minimum atomic E-state index is -0.706. The van der Waals surface area contributed by atoms with Crippen molar-refractivity contribution in [2.24, 2.45) is 0 Å². The number of carbonyl (C=O) groups is 2. The van der Waals surface area contributed by atoms with Crippen LogP contribution in [0, 0.1) is 5.82 Å². The lowest BCUT2D eigenvalue weighted by atomic mass is 10.0. The molecule has 8 heteroatoms. The molecule has 0 aromatic heterocycles. The minimum Gasteiger partial charge on any atom is -0.341 e. The Kier molecular flexibility index (Phi) is 7.80. The summed E-state index contributed by atoms with van der Waals surface area (Å²) in [5.41, 5.74) is 1.16. The lowest BCUT2D eigenvalue weighted by Crippen LogP contribution is -2.54. The lowest BCUT2D eigenvalue weighted by Gasteiger charge is -2.38. The monoisotopic (exact) mass is 425 g/mol. The molecule has 2 unspecified atom stereocenters. The highest BCUT2D eigenvalue weighted by Crippen LogP contribution is 2.23. The van der Waals surface area contributed by atoms with Crippen molar-refractivity contribution < 1.29 is 14.0 Å². The first kappa shape index (κ1) is 22.1. The fourth-order valence-corrected chi connectivity index (χ4v) is 3.30. The Labute approximate surface area is 174 Å². The average molecular weight is 426 g/mol. The van der Waals surface area contributed by atoms with Crippen LogP contribution in [0.4, 0.5) is 4.39 Å². The quantitative estimate of drug-likeness (QED) is 0.790. The van der Waals surface area contributed by atoms with E-state index in [1.54, 1.807) is 48.2 Å². The van der Waals surface area contributed by atoms with Crippen LogP contribution >= 0.6 is 24.0 Å². The second kappa shape index (κ2) is 9.87. The number of benzene rings is 2. The zero-order valence-electron chi connectivity index (χ0n) is 15.3. The number of nitrogens with one attached hydrogen (secondary N) is 2.